The molecule has 1 rings (SSSR count). The second kappa shape index (κ2) is 34.0. The number of nitrogens with one attached hydrogen (secondary N) is 8. The fourth-order valence-electron chi connectivity index (χ4n) is 7.28. The number of carboxylic acid groups (broad SMARTS) is 1. The molecular weight excluding hydrogens is 999 g/mol. The van der Waals surface area contributed by atoms with Gasteiger partial charge in [-0.3, -0.25) is 48.1 Å². The molecule has 0 aromatic heterocycles. The van der Waals surface area contributed by atoms with Crippen LogP contribution in [0.4, 0.5) is 0 Å². The zero-order chi connectivity index (χ0) is 57.1. The van der Waals surface area contributed by atoms with E-state index < -0.39 is 127 Å². The Morgan fingerprint density at radius 3 is 1.49 bits per heavy atom. The summed E-state index contributed by atoms with van der Waals surface area (Å²) in [4.78, 5) is 137. The number of benzene rings is 1. The number of amides is 9. The third-order valence-electron chi connectivity index (χ3n) is 11.2. The molecule has 26 nitrogen and oxygen atoms in total. The third kappa shape index (κ3) is 26.4. The number of nitrogens with zero attached hydrogens (tertiary/aromatic N) is 1. The lowest BCUT2D eigenvalue weighted by molar-refractivity contribution is -0.142. The van der Waals surface area contributed by atoms with Gasteiger partial charge in [0.25, 0.3) is 0 Å². The number of thioether (sulfide) groups is 1. The fourth-order valence-corrected chi connectivity index (χ4v) is 7.76. The zero-order valence-electron chi connectivity index (χ0n) is 44.1. The number of hydrogen-bond donors (Lipinski definition) is 15. The lowest BCUT2D eigenvalue weighted by Crippen LogP contribution is -2.61. The smallest absolute Gasteiger partial charge is 0.326 e. The van der Waals surface area contributed by atoms with Crippen LogP contribution in [0.3, 0.4) is 0 Å². The first kappa shape index (κ1) is 66.3. The number of nitrogens with two attached hydrogens (primary N) is 4. The number of aromatic hydroxyl groups is 1. The normalized spacial score (nSPS) is 14.8. The van der Waals surface area contributed by atoms with Gasteiger partial charge in [-0.1, -0.05) is 53.7 Å². The highest BCUT2D eigenvalue weighted by molar-refractivity contribution is 7.98. The van der Waals surface area contributed by atoms with Crippen molar-refractivity contribution in [3.05, 3.63) is 29.8 Å². The van der Waals surface area contributed by atoms with E-state index >= 15 is 0 Å². The van der Waals surface area contributed by atoms with Gasteiger partial charge in [0.2, 0.25) is 53.2 Å². The molecule has 75 heavy (non-hydrogen) atoms. The van der Waals surface area contributed by atoms with Crippen molar-refractivity contribution >= 4 is 76.9 Å². The summed E-state index contributed by atoms with van der Waals surface area (Å²) < 4.78 is 0. The maximum Gasteiger partial charge on any atom is 0.326 e. The second-order valence-corrected chi connectivity index (χ2v) is 20.4. The van der Waals surface area contributed by atoms with Crippen LogP contribution in [0.5, 0.6) is 5.75 Å². The summed E-state index contributed by atoms with van der Waals surface area (Å²) in [6.45, 7) is 11.2. The Morgan fingerprint density at radius 2 is 1.00 bits per heavy atom. The lowest BCUT2D eigenvalue weighted by atomic mass is 10.0. The Labute approximate surface area is 442 Å². The molecule has 422 valence electrons. The number of carboxylic acids is 1. The summed E-state index contributed by atoms with van der Waals surface area (Å²) in [6.07, 6.45) is 1.08. The number of hydrogen-bond acceptors (Lipinski definition) is 15. The number of phenolic OH excluding ortho intramolecular Hbond substituents is 1. The third-order valence-corrected chi connectivity index (χ3v) is 11.8. The van der Waals surface area contributed by atoms with Crippen LogP contribution >= 0.6 is 11.8 Å². The molecular formula is C48H81N13O13S. The number of phenols is 1. The van der Waals surface area contributed by atoms with E-state index in [9.17, 15) is 63.3 Å². The Morgan fingerprint density at radius 1 is 0.560 bits per heavy atom. The maximum absolute atomic E-state index is 14.4. The minimum Gasteiger partial charge on any atom is -0.508 e. The Hall–Kier alpha value is -6.74. The number of guanidine groups is 1. The number of aliphatic imine (C=N–C) groups is 1. The average Bonchev–Trinajstić information content (AvgIpc) is 3.31. The standard InChI is InChI=1S/C48H81N13O13S/c1-24(2)18-30(49)40(66)54-27(7)39(65)57-33(19-25(3)4)43(69)61-37(23-62)46(72)59-35(21-28-11-13-29(63)14-12-28)44(70)55-31(10-9-16-53-48(51)52)41(67)58-34(20-26(5)6)42(68)60-36(22-38(50)64)45(71)56-32(47(73)74)15-17-75-8/h11-14,24-27,30-37,62-63H,9-10,15-23,49H2,1-8H3,(H2,50,64)(H,54,66)(H,55,70)(H,56,71)(H,57,65)(H,58,67)(H,59,72)(H,60,68)(H,61,69)(H,73,74)(H4,51,52,53)/t27-,30-,31-,32-,33-,34-,35-,36-,37-/m0/s1. The van der Waals surface area contributed by atoms with Crippen LogP contribution in [-0.4, -0.2) is 160 Å². The zero-order valence-corrected chi connectivity index (χ0v) is 44.9. The van der Waals surface area contributed by atoms with E-state index in [1.54, 1.807) is 34.0 Å². The first-order valence-electron chi connectivity index (χ1n) is 24.7. The SMILES string of the molecule is CSCC[C@H](NC(=O)[C@H](CC(N)=O)NC(=O)[C@H](CC(C)C)NC(=O)[C@H](CCCN=C(N)N)NC(=O)[C@H](Cc1ccc(O)cc1)NC(=O)[C@H](CO)NC(=O)[C@H](CC(C)C)NC(=O)[C@H](C)NC(=O)[C@@H](N)CC(C)C)C(=O)O. The topological polar surface area (TPSA) is 444 Å². The molecule has 9 atom stereocenters. The monoisotopic (exact) mass is 1080 g/mol. The Balaban J connectivity index is 3.57. The van der Waals surface area contributed by atoms with Crippen molar-refractivity contribution in [2.24, 2.45) is 45.7 Å². The van der Waals surface area contributed by atoms with E-state index in [1.165, 1.54) is 43.0 Å². The van der Waals surface area contributed by atoms with Gasteiger partial charge in [0.05, 0.1) is 19.1 Å². The van der Waals surface area contributed by atoms with Crippen LogP contribution in [0.15, 0.2) is 29.3 Å². The van der Waals surface area contributed by atoms with Crippen molar-refractivity contribution in [1.29, 1.82) is 0 Å². The summed E-state index contributed by atoms with van der Waals surface area (Å²) in [5, 5.41) is 50.0. The molecule has 0 aliphatic heterocycles. The number of carbonyl (C=O) groups excluding carboxylic acids is 9. The van der Waals surface area contributed by atoms with E-state index in [-0.39, 0.29) is 74.5 Å². The molecule has 0 saturated heterocycles. The maximum atomic E-state index is 14.4. The summed E-state index contributed by atoms with van der Waals surface area (Å²) in [5.41, 5.74) is 22.8. The number of carbonyl (C=O) groups is 10. The molecule has 0 aliphatic carbocycles. The van der Waals surface area contributed by atoms with Crippen LogP contribution in [0.25, 0.3) is 0 Å². The molecule has 1 aromatic rings. The van der Waals surface area contributed by atoms with Gasteiger partial charge in [0.15, 0.2) is 5.96 Å². The quantitative estimate of drug-likeness (QED) is 0.0184. The van der Waals surface area contributed by atoms with Gasteiger partial charge in [-0.05, 0) is 92.9 Å². The average molecular weight is 1080 g/mol. The van der Waals surface area contributed by atoms with Crippen molar-refractivity contribution in [2.75, 3.05) is 25.2 Å². The fraction of sp³-hybridized carbons (Fsp3) is 0.646. The van der Waals surface area contributed by atoms with Crippen LogP contribution in [-0.2, 0) is 54.4 Å². The number of primary amides is 1. The molecule has 0 unspecified atom stereocenters. The summed E-state index contributed by atoms with van der Waals surface area (Å²) in [5.74, 6) is -9.81. The highest BCUT2D eigenvalue weighted by Crippen LogP contribution is 2.14. The van der Waals surface area contributed by atoms with Crippen molar-refractivity contribution < 1.29 is 63.3 Å². The molecule has 0 aliphatic rings. The first-order valence-corrected chi connectivity index (χ1v) is 26.1. The van der Waals surface area contributed by atoms with E-state index in [0.717, 1.165) is 0 Å². The minimum atomic E-state index is -1.70. The second-order valence-electron chi connectivity index (χ2n) is 19.4. The highest BCUT2D eigenvalue weighted by Gasteiger charge is 2.35. The van der Waals surface area contributed by atoms with Crippen molar-refractivity contribution in [3.8, 4) is 5.75 Å². The molecule has 0 saturated carbocycles. The van der Waals surface area contributed by atoms with Crippen molar-refractivity contribution in [1.82, 2.24) is 42.5 Å². The molecule has 0 radical (unpaired) electrons. The minimum absolute atomic E-state index is 0.0140. The summed E-state index contributed by atoms with van der Waals surface area (Å²) >= 11 is 1.33. The first-order chi connectivity index (χ1) is 35.1. The van der Waals surface area contributed by atoms with Gasteiger partial charge >= 0.3 is 5.97 Å². The van der Waals surface area contributed by atoms with E-state index in [0.29, 0.717) is 17.7 Å². The number of rotatable bonds is 35. The van der Waals surface area contributed by atoms with Gasteiger partial charge in [-0.2, -0.15) is 11.8 Å². The molecule has 27 heteroatoms. The van der Waals surface area contributed by atoms with Gasteiger partial charge < -0.3 is 80.8 Å². The highest BCUT2D eigenvalue weighted by atomic mass is 32.2. The predicted octanol–water partition coefficient (Wildman–Crippen LogP) is -2.94. The number of aliphatic hydroxyl groups is 1. The molecule has 0 bridgehead atoms. The summed E-state index contributed by atoms with van der Waals surface area (Å²) in [7, 11) is 0. The van der Waals surface area contributed by atoms with Crippen molar-refractivity contribution in [2.45, 2.75) is 154 Å². The lowest BCUT2D eigenvalue weighted by Gasteiger charge is -2.28. The van der Waals surface area contributed by atoms with Gasteiger partial charge in [0, 0.05) is 13.0 Å². The Bertz CT molecular complexity index is 2110. The van der Waals surface area contributed by atoms with Crippen molar-refractivity contribution in [3.63, 3.8) is 0 Å². The van der Waals surface area contributed by atoms with Crippen LogP contribution in [0.1, 0.15) is 99.0 Å². The Kier molecular flexibility index (Phi) is 30.0. The molecule has 0 heterocycles. The molecule has 19 N–H and O–H groups in total. The molecule has 0 fully saturated rings. The largest absolute Gasteiger partial charge is 0.508 e. The predicted molar refractivity (Wildman–Crippen MR) is 281 cm³/mol. The van der Waals surface area contributed by atoms with E-state index in [4.69, 9.17) is 22.9 Å². The van der Waals surface area contributed by atoms with E-state index in [1.807, 2.05) is 13.8 Å². The van der Waals surface area contributed by atoms with Gasteiger partial charge in [-0.25, -0.2) is 4.79 Å². The van der Waals surface area contributed by atoms with Gasteiger partial charge in [-0.15, -0.1) is 0 Å². The number of aliphatic hydroxyl groups excluding tert-OH is 1. The van der Waals surface area contributed by atoms with Gasteiger partial charge in [0.1, 0.15) is 54.1 Å². The number of aliphatic carboxylic acids is 1. The van der Waals surface area contributed by atoms with Crippen LogP contribution in [0.2, 0.25) is 0 Å². The molecule has 9 amide bonds. The molecule has 0 spiro atoms. The molecule has 1 aromatic carbocycles. The van der Waals surface area contributed by atoms with Crippen LogP contribution in [0, 0.1) is 17.8 Å². The van der Waals surface area contributed by atoms with Crippen LogP contribution < -0.4 is 65.5 Å². The summed E-state index contributed by atoms with van der Waals surface area (Å²) in [6, 6.07) is -6.83. The van der Waals surface area contributed by atoms with E-state index in [2.05, 4.69) is 47.5 Å².